The van der Waals surface area contributed by atoms with Crippen LogP contribution < -0.4 is 0 Å². The standard InChI is InChI=1S/C12H13BrFN3/c1-12(2,3)17-7-15-16-11(17)9-6-8(13)4-5-10(9)14/h4-7H,1-3H3. The number of halogens is 2. The van der Waals surface area contributed by atoms with Crippen LogP contribution in [0.5, 0.6) is 0 Å². The van der Waals surface area contributed by atoms with Crippen molar-refractivity contribution in [1.29, 1.82) is 0 Å². The number of nitrogens with zero attached hydrogens (tertiary/aromatic N) is 3. The van der Waals surface area contributed by atoms with Crippen molar-refractivity contribution in [3.8, 4) is 11.4 Å². The fourth-order valence-electron chi connectivity index (χ4n) is 1.58. The van der Waals surface area contributed by atoms with Crippen LogP contribution in [0.3, 0.4) is 0 Å². The van der Waals surface area contributed by atoms with Gasteiger partial charge in [-0.2, -0.15) is 0 Å². The van der Waals surface area contributed by atoms with Crippen LogP contribution in [0.1, 0.15) is 20.8 Å². The number of rotatable bonds is 1. The van der Waals surface area contributed by atoms with Gasteiger partial charge in [0.2, 0.25) is 0 Å². The lowest BCUT2D eigenvalue weighted by Crippen LogP contribution is -2.22. The molecule has 0 aliphatic heterocycles. The number of benzene rings is 1. The highest BCUT2D eigenvalue weighted by Gasteiger charge is 2.20. The molecule has 1 aromatic heterocycles. The van der Waals surface area contributed by atoms with Crippen LogP contribution in [-0.4, -0.2) is 14.8 Å². The molecule has 17 heavy (non-hydrogen) atoms. The van der Waals surface area contributed by atoms with E-state index in [1.807, 2.05) is 25.3 Å². The molecule has 0 fully saturated rings. The first kappa shape index (κ1) is 12.2. The predicted molar refractivity (Wildman–Crippen MR) is 68.1 cm³/mol. The van der Waals surface area contributed by atoms with Crippen LogP contribution in [0.25, 0.3) is 11.4 Å². The molecule has 0 atom stereocenters. The molecular formula is C12H13BrFN3. The fourth-order valence-corrected chi connectivity index (χ4v) is 1.94. The molecule has 0 unspecified atom stereocenters. The first-order valence-electron chi connectivity index (χ1n) is 5.25. The summed E-state index contributed by atoms with van der Waals surface area (Å²) in [6.07, 6.45) is 1.62. The molecule has 90 valence electrons. The predicted octanol–water partition coefficient (Wildman–Crippen LogP) is 3.60. The summed E-state index contributed by atoms with van der Waals surface area (Å²) in [4.78, 5) is 0. The van der Waals surface area contributed by atoms with E-state index in [9.17, 15) is 4.39 Å². The van der Waals surface area contributed by atoms with E-state index in [1.54, 1.807) is 18.5 Å². The van der Waals surface area contributed by atoms with Crippen molar-refractivity contribution in [3.63, 3.8) is 0 Å². The second-order valence-electron chi connectivity index (χ2n) is 4.82. The van der Waals surface area contributed by atoms with Crippen LogP contribution in [0.4, 0.5) is 4.39 Å². The summed E-state index contributed by atoms with van der Waals surface area (Å²) in [5.41, 5.74) is 0.264. The quantitative estimate of drug-likeness (QED) is 0.805. The lowest BCUT2D eigenvalue weighted by atomic mass is 10.1. The van der Waals surface area contributed by atoms with Crippen molar-refractivity contribution in [2.45, 2.75) is 26.3 Å². The van der Waals surface area contributed by atoms with Gasteiger partial charge in [-0.3, -0.25) is 0 Å². The number of aromatic nitrogens is 3. The van der Waals surface area contributed by atoms with Gasteiger partial charge in [0.25, 0.3) is 0 Å². The van der Waals surface area contributed by atoms with Crippen LogP contribution in [-0.2, 0) is 5.54 Å². The molecule has 0 saturated carbocycles. The normalized spacial score (nSPS) is 11.8. The van der Waals surface area contributed by atoms with E-state index in [0.717, 1.165) is 4.47 Å². The summed E-state index contributed by atoms with van der Waals surface area (Å²) in [5.74, 6) is 0.239. The number of hydrogen-bond donors (Lipinski definition) is 0. The molecular weight excluding hydrogens is 285 g/mol. The Balaban J connectivity index is 2.61. The van der Waals surface area contributed by atoms with E-state index >= 15 is 0 Å². The van der Waals surface area contributed by atoms with E-state index in [1.165, 1.54) is 6.07 Å². The van der Waals surface area contributed by atoms with Crippen molar-refractivity contribution in [3.05, 3.63) is 34.8 Å². The summed E-state index contributed by atoms with van der Waals surface area (Å²) < 4.78 is 16.5. The zero-order chi connectivity index (χ0) is 12.6. The maximum Gasteiger partial charge on any atom is 0.167 e. The Bertz CT molecular complexity index is 543. The van der Waals surface area contributed by atoms with Crippen LogP contribution in [0, 0.1) is 5.82 Å². The first-order chi connectivity index (χ1) is 7.89. The SMILES string of the molecule is CC(C)(C)n1cnnc1-c1cc(Br)ccc1F. The Kier molecular flexibility index (Phi) is 3.03. The van der Waals surface area contributed by atoms with Gasteiger partial charge in [0.15, 0.2) is 5.82 Å². The molecule has 0 bridgehead atoms. The topological polar surface area (TPSA) is 30.7 Å². The Hall–Kier alpha value is -1.23. The molecule has 0 N–H and O–H groups in total. The summed E-state index contributed by atoms with van der Waals surface area (Å²) in [6, 6.07) is 4.79. The van der Waals surface area contributed by atoms with Gasteiger partial charge in [-0.25, -0.2) is 4.39 Å². The van der Waals surface area contributed by atoms with Gasteiger partial charge in [0.05, 0.1) is 5.56 Å². The molecule has 0 aliphatic carbocycles. The third-order valence-corrected chi connectivity index (χ3v) is 2.93. The van der Waals surface area contributed by atoms with Crippen molar-refractivity contribution >= 4 is 15.9 Å². The molecule has 0 amide bonds. The van der Waals surface area contributed by atoms with E-state index in [2.05, 4.69) is 26.1 Å². The minimum Gasteiger partial charge on any atom is -0.308 e. The molecule has 5 heteroatoms. The zero-order valence-corrected chi connectivity index (χ0v) is 11.5. The van der Waals surface area contributed by atoms with E-state index in [0.29, 0.717) is 11.4 Å². The van der Waals surface area contributed by atoms with Gasteiger partial charge in [0.1, 0.15) is 12.1 Å². The van der Waals surface area contributed by atoms with Gasteiger partial charge in [-0.15, -0.1) is 10.2 Å². The molecule has 2 rings (SSSR count). The van der Waals surface area contributed by atoms with Crippen molar-refractivity contribution < 1.29 is 4.39 Å². The Morgan fingerprint density at radius 1 is 1.29 bits per heavy atom. The fraction of sp³-hybridized carbons (Fsp3) is 0.333. The summed E-state index contributed by atoms with van der Waals surface area (Å²) in [6.45, 7) is 6.07. The smallest absolute Gasteiger partial charge is 0.167 e. The largest absolute Gasteiger partial charge is 0.308 e. The summed E-state index contributed by atoms with van der Waals surface area (Å²) >= 11 is 3.33. The summed E-state index contributed by atoms with van der Waals surface area (Å²) in [5, 5.41) is 7.87. The second-order valence-corrected chi connectivity index (χ2v) is 5.74. The Morgan fingerprint density at radius 3 is 2.65 bits per heavy atom. The monoisotopic (exact) mass is 297 g/mol. The summed E-state index contributed by atoms with van der Waals surface area (Å²) in [7, 11) is 0. The molecule has 2 aromatic rings. The van der Waals surface area contributed by atoms with Gasteiger partial charge >= 0.3 is 0 Å². The second kappa shape index (κ2) is 4.22. The molecule has 1 heterocycles. The zero-order valence-electron chi connectivity index (χ0n) is 9.91. The van der Waals surface area contributed by atoms with E-state index in [-0.39, 0.29) is 11.4 Å². The van der Waals surface area contributed by atoms with E-state index in [4.69, 9.17) is 0 Å². The first-order valence-corrected chi connectivity index (χ1v) is 6.05. The molecule has 3 nitrogen and oxygen atoms in total. The highest BCUT2D eigenvalue weighted by molar-refractivity contribution is 9.10. The number of hydrogen-bond acceptors (Lipinski definition) is 2. The Labute approximate surface area is 108 Å². The Morgan fingerprint density at radius 2 is 2.00 bits per heavy atom. The molecule has 1 aromatic carbocycles. The average Bonchev–Trinajstić information content (AvgIpc) is 2.69. The van der Waals surface area contributed by atoms with Crippen molar-refractivity contribution in [1.82, 2.24) is 14.8 Å². The van der Waals surface area contributed by atoms with Gasteiger partial charge in [-0.1, -0.05) is 15.9 Å². The van der Waals surface area contributed by atoms with Gasteiger partial charge in [-0.05, 0) is 39.0 Å². The van der Waals surface area contributed by atoms with Gasteiger partial charge in [0, 0.05) is 10.0 Å². The molecule has 0 aliphatic rings. The highest BCUT2D eigenvalue weighted by Crippen LogP contribution is 2.28. The minimum atomic E-state index is -0.299. The maximum absolute atomic E-state index is 13.8. The molecule has 0 saturated heterocycles. The maximum atomic E-state index is 13.8. The van der Waals surface area contributed by atoms with Crippen LogP contribution in [0.2, 0.25) is 0 Å². The lowest BCUT2D eigenvalue weighted by molar-refractivity contribution is 0.399. The average molecular weight is 298 g/mol. The third kappa shape index (κ3) is 2.39. The highest BCUT2D eigenvalue weighted by atomic mass is 79.9. The minimum absolute atomic E-state index is 0.187. The molecule has 0 radical (unpaired) electrons. The van der Waals surface area contributed by atoms with Crippen molar-refractivity contribution in [2.24, 2.45) is 0 Å². The third-order valence-electron chi connectivity index (χ3n) is 2.44. The van der Waals surface area contributed by atoms with Crippen LogP contribution in [0.15, 0.2) is 29.0 Å². The molecule has 0 spiro atoms. The van der Waals surface area contributed by atoms with Gasteiger partial charge < -0.3 is 4.57 Å². The lowest BCUT2D eigenvalue weighted by Gasteiger charge is -2.22. The van der Waals surface area contributed by atoms with Crippen molar-refractivity contribution in [2.75, 3.05) is 0 Å². The van der Waals surface area contributed by atoms with E-state index < -0.39 is 0 Å². The van der Waals surface area contributed by atoms with Crippen LogP contribution >= 0.6 is 15.9 Å².